The van der Waals surface area contributed by atoms with Crippen molar-refractivity contribution in [2.75, 3.05) is 6.61 Å². The molecule has 7 heteroatoms. The molecular weight excluding hydrogens is 385 g/mol. The largest absolute Gasteiger partial charge is 0.490 e. The third kappa shape index (κ3) is 3.12. The molecule has 1 aliphatic carbocycles. The van der Waals surface area contributed by atoms with Crippen LogP contribution in [-0.2, 0) is 15.0 Å². The maximum atomic E-state index is 14.3. The first-order valence-electron chi connectivity index (χ1n) is 10.5. The molecule has 2 aliphatic heterocycles. The smallest absolute Gasteiger partial charge is 0.283 e. The number of fused-ring (bicyclic) bond motifs is 4. The fourth-order valence-electron chi connectivity index (χ4n) is 5.13. The van der Waals surface area contributed by atoms with Crippen LogP contribution < -0.4 is 10.5 Å². The number of ether oxygens (including phenoxy) is 3. The number of nitrogens with two attached hydrogens (primary N) is 1. The van der Waals surface area contributed by atoms with Crippen molar-refractivity contribution in [3.8, 4) is 16.9 Å². The number of halogens is 1. The quantitative estimate of drug-likeness (QED) is 0.778. The first-order chi connectivity index (χ1) is 14.5. The van der Waals surface area contributed by atoms with E-state index in [0.717, 1.165) is 36.1 Å². The zero-order valence-electron chi connectivity index (χ0n) is 17.2. The minimum Gasteiger partial charge on any atom is -0.490 e. The molecule has 3 heterocycles. The molecule has 3 aliphatic rings. The number of aliphatic imine (C=N–C) groups is 1. The van der Waals surface area contributed by atoms with E-state index in [1.54, 1.807) is 12.1 Å². The first kappa shape index (κ1) is 19.3. The van der Waals surface area contributed by atoms with Gasteiger partial charge in [-0.25, -0.2) is 9.98 Å². The van der Waals surface area contributed by atoms with Crippen LogP contribution in [0.3, 0.4) is 0 Å². The number of hydrogen-bond acceptors (Lipinski definition) is 6. The van der Waals surface area contributed by atoms with Gasteiger partial charge in [0.15, 0.2) is 0 Å². The molecule has 6 nitrogen and oxygen atoms in total. The van der Waals surface area contributed by atoms with E-state index in [-0.39, 0.29) is 30.3 Å². The minimum atomic E-state index is -0.657. The third-order valence-electron chi connectivity index (χ3n) is 6.36. The van der Waals surface area contributed by atoms with Crippen molar-refractivity contribution in [1.29, 1.82) is 0 Å². The Bertz CT molecular complexity index is 995. The Balaban J connectivity index is 1.60. The summed E-state index contributed by atoms with van der Waals surface area (Å²) in [5, 5.41) is 0. The lowest BCUT2D eigenvalue weighted by Crippen LogP contribution is -2.52. The molecule has 1 spiro atoms. The molecule has 4 atom stereocenters. The van der Waals surface area contributed by atoms with Crippen LogP contribution in [0.1, 0.15) is 38.7 Å². The molecule has 5 rings (SSSR count). The number of nitrogens with zero attached hydrogens (tertiary/aromatic N) is 2. The van der Waals surface area contributed by atoms with Crippen molar-refractivity contribution in [3.63, 3.8) is 0 Å². The van der Waals surface area contributed by atoms with Crippen LogP contribution in [0.5, 0.6) is 5.75 Å². The van der Waals surface area contributed by atoms with Crippen molar-refractivity contribution >= 4 is 6.02 Å². The monoisotopic (exact) mass is 411 g/mol. The molecule has 0 radical (unpaired) electrons. The lowest BCUT2D eigenvalue weighted by molar-refractivity contribution is -0.0791. The van der Waals surface area contributed by atoms with Gasteiger partial charge in [0.2, 0.25) is 5.95 Å². The van der Waals surface area contributed by atoms with Crippen molar-refractivity contribution in [3.05, 3.63) is 48.0 Å². The standard InChI is InChI=1S/C23H26FN3O3/c1-13(2)29-15-6-8-20-18(11-15)23(12-28-22(25)27-23)17-10-14(5-7-19(17)30-20)16-4-3-9-26-21(16)24/h3-5,7,9-10,13,15,18,20H,6,8,11-12H2,1-2H3,(H2,25,27)/t15-,18+,20+,23+/m1/s1. The second kappa shape index (κ2) is 7.23. The van der Waals surface area contributed by atoms with Crippen LogP contribution in [0.4, 0.5) is 4.39 Å². The maximum Gasteiger partial charge on any atom is 0.283 e. The normalized spacial score (nSPS) is 29.7. The number of benzene rings is 1. The summed E-state index contributed by atoms with van der Waals surface area (Å²) < 4.78 is 32.6. The fraction of sp³-hybridized carbons (Fsp3) is 0.478. The summed E-state index contributed by atoms with van der Waals surface area (Å²) in [5.74, 6) is 0.321. The van der Waals surface area contributed by atoms with Gasteiger partial charge in [0.05, 0.1) is 12.2 Å². The highest BCUT2D eigenvalue weighted by Crippen LogP contribution is 2.53. The van der Waals surface area contributed by atoms with E-state index in [2.05, 4.69) is 18.8 Å². The molecule has 30 heavy (non-hydrogen) atoms. The lowest BCUT2D eigenvalue weighted by Gasteiger charge is -2.48. The summed E-state index contributed by atoms with van der Waals surface area (Å²) >= 11 is 0. The van der Waals surface area contributed by atoms with Crippen LogP contribution in [0, 0.1) is 11.9 Å². The molecule has 0 bridgehead atoms. The van der Waals surface area contributed by atoms with Gasteiger partial charge >= 0.3 is 0 Å². The molecule has 1 aromatic heterocycles. The van der Waals surface area contributed by atoms with Crippen molar-refractivity contribution < 1.29 is 18.6 Å². The molecule has 1 saturated carbocycles. The van der Waals surface area contributed by atoms with Gasteiger partial charge in [-0.3, -0.25) is 0 Å². The highest BCUT2D eigenvalue weighted by atomic mass is 19.1. The van der Waals surface area contributed by atoms with Gasteiger partial charge in [0, 0.05) is 23.2 Å². The molecular formula is C23H26FN3O3. The van der Waals surface area contributed by atoms with E-state index in [1.165, 1.54) is 6.20 Å². The van der Waals surface area contributed by atoms with Gasteiger partial charge in [-0.1, -0.05) is 6.07 Å². The number of aromatic nitrogens is 1. The Morgan fingerprint density at radius 1 is 1.27 bits per heavy atom. The maximum absolute atomic E-state index is 14.3. The second-order valence-electron chi connectivity index (χ2n) is 8.60. The Kier molecular flexibility index (Phi) is 4.65. The average molecular weight is 411 g/mol. The summed E-state index contributed by atoms with van der Waals surface area (Å²) in [6.45, 7) is 4.46. The van der Waals surface area contributed by atoms with E-state index in [4.69, 9.17) is 24.9 Å². The Morgan fingerprint density at radius 3 is 2.87 bits per heavy atom. The van der Waals surface area contributed by atoms with Gasteiger partial charge in [-0.2, -0.15) is 4.39 Å². The Hall–Kier alpha value is -2.67. The van der Waals surface area contributed by atoms with E-state index in [0.29, 0.717) is 12.2 Å². The van der Waals surface area contributed by atoms with Gasteiger partial charge in [-0.15, -0.1) is 0 Å². The van der Waals surface area contributed by atoms with Crippen LogP contribution in [0.15, 0.2) is 41.5 Å². The topological polar surface area (TPSA) is 79.0 Å². The first-order valence-corrected chi connectivity index (χ1v) is 10.5. The minimum absolute atomic E-state index is 0.0174. The lowest BCUT2D eigenvalue weighted by atomic mass is 9.67. The van der Waals surface area contributed by atoms with Gasteiger partial charge in [0.1, 0.15) is 24.0 Å². The number of rotatable bonds is 3. The zero-order chi connectivity index (χ0) is 20.9. The zero-order valence-corrected chi connectivity index (χ0v) is 17.2. The fourth-order valence-corrected chi connectivity index (χ4v) is 5.13. The molecule has 0 saturated heterocycles. The highest BCUT2D eigenvalue weighted by molar-refractivity contribution is 5.75. The molecule has 0 unspecified atom stereocenters. The summed E-state index contributed by atoms with van der Waals surface area (Å²) in [7, 11) is 0. The summed E-state index contributed by atoms with van der Waals surface area (Å²) in [5.41, 5.74) is 7.39. The molecule has 1 fully saturated rings. The third-order valence-corrected chi connectivity index (χ3v) is 6.36. The summed E-state index contributed by atoms with van der Waals surface area (Å²) in [6.07, 6.45) is 4.41. The summed E-state index contributed by atoms with van der Waals surface area (Å²) in [6, 6.07) is 9.35. The van der Waals surface area contributed by atoms with Gasteiger partial charge < -0.3 is 19.9 Å². The van der Waals surface area contributed by atoms with Crippen molar-refractivity contribution in [1.82, 2.24) is 4.98 Å². The van der Waals surface area contributed by atoms with Crippen molar-refractivity contribution in [2.45, 2.75) is 57.0 Å². The Labute approximate surface area is 175 Å². The van der Waals surface area contributed by atoms with Crippen LogP contribution in [0.25, 0.3) is 11.1 Å². The molecule has 158 valence electrons. The van der Waals surface area contributed by atoms with Crippen LogP contribution in [0.2, 0.25) is 0 Å². The van der Waals surface area contributed by atoms with Crippen LogP contribution >= 0.6 is 0 Å². The SMILES string of the molecule is CC(C)O[C@@H]1CC[C@@H]2Oc3ccc(-c4cccnc4F)cc3[C@@]3(COC(N)=N3)[C@H]2C1. The number of pyridine rings is 1. The number of hydrogen-bond donors (Lipinski definition) is 1. The van der Waals surface area contributed by atoms with Gasteiger partial charge in [0.25, 0.3) is 6.02 Å². The molecule has 1 aromatic carbocycles. The molecule has 2 aromatic rings. The number of amidine groups is 1. The second-order valence-corrected chi connectivity index (χ2v) is 8.60. The Morgan fingerprint density at radius 2 is 2.13 bits per heavy atom. The van der Waals surface area contributed by atoms with E-state index < -0.39 is 11.5 Å². The summed E-state index contributed by atoms with van der Waals surface area (Å²) in [4.78, 5) is 8.59. The highest BCUT2D eigenvalue weighted by Gasteiger charge is 2.55. The predicted molar refractivity (Wildman–Crippen MR) is 111 cm³/mol. The molecule has 2 N–H and O–H groups in total. The van der Waals surface area contributed by atoms with Crippen molar-refractivity contribution in [2.24, 2.45) is 16.6 Å². The van der Waals surface area contributed by atoms with Gasteiger partial charge in [-0.05, 0) is 62.9 Å². The van der Waals surface area contributed by atoms with E-state index >= 15 is 0 Å². The predicted octanol–water partition coefficient (Wildman–Crippen LogP) is 3.78. The molecule has 0 amide bonds. The van der Waals surface area contributed by atoms with E-state index in [1.807, 2.05) is 18.2 Å². The van der Waals surface area contributed by atoms with E-state index in [9.17, 15) is 4.39 Å². The van der Waals surface area contributed by atoms with Crippen LogP contribution in [-0.4, -0.2) is 35.9 Å². The average Bonchev–Trinajstić information content (AvgIpc) is 3.11.